The SMILES string of the molecule is O=C(O)CCNC(=O)CC(O)C(=O)O. The van der Waals surface area contributed by atoms with Crippen molar-refractivity contribution in [3.05, 3.63) is 0 Å². The summed E-state index contributed by atoms with van der Waals surface area (Å²) in [5.41, 5.74) is 0. The first-order valence-corrected chi connectivity index (χ1v) is 3.83. The molecule has 0 spiro atoms. The third-order valence-corrected chi connectivity index (χ3v) is 1.32. The zero-order valence-corrected chi connectivity index (χ0v) is 7.27. The summed E-state index contributed by atoms with van der Waals surface area (Å²) < 4.78 is 0. The van der Waals surface area contributed by atoms with Crippen LogP contribution in [0, 0.1) is 0 Å². The van der Waals surface area contributed by atoms with E-state index in [0.717, 1.165) is 0 Å². The average Bonchev–Trinajstić information content (AvgIpc) is 2.02. The summed E-state index contributed by atoms with van der Waals surface area (Å²) in [4.78, 5) is 30.9. The van der Waals surface area contributed by atoms with Crippen LogP contribution in [0.15, 0.2) is 0 Å². The maximum absolute atomic E-state index is 10.8. The van der Waals surface area contributed by atoms with Gasteiger partial charge in [0.25, 0.3) is 0 Å². The van der Waals surface area contributed by atoms with Gasteiger partial charge in [-0.25, -0.2) is 4.79 Å². The van der Waals surface area contributed by atoms with Crippen molar-refractivity contribution < 1.29 is 29.7 Å². The van der Waals surface area contributed by atoms with Crippen molar-refractivity contribution in [3.63, 3.8) is 0 Å². The van der Waals surface area contributed by atoms with Crippen LogP contribution in [-0.2, 0) is 14.4 Å². The second kappa shape index (κ2) is 5.92. The highest BCUT2D eigenvalue weighted by Crippen LogP contribution is 1.91. The van der Waals surface area contributed by atoms with Crippen LogP contribution in [0.1, 0.15) is 12.8 Å². The van der Waals surface area contributed by atoms with E-state index in [1.165, 1.54) is 0 Å². The predicted molar refractivity (Wildman–Crippen MR) is 43.5 cm³/mol. The topological polar surface area (TPSA) is 124 Å². The zero-order chi connectivity index (χ0) is 11.1. The van der Waals surface area contributed by atoms with Crippen LogP contribution in [0.5, 0.6) is 0 Å². The number of aliphatic carboxylic acids is 2. The summed E-state index contributed by atoms with van der Waals surface area (Å²) in [5, 5.41) is 27.3. The Morgan fingerprint density at radius 3 is 2.21 bits per heavy atom. The van der Waals surface area contributed by atoms with Crippen molar-refractivity contribution in [2.45, 2.75) is 18.9 Å². The summed E-state index contributed by atoms with van der Waals surface area (Å²) in [5.74, 6) is -3.25. The Kier molecular flexibility index (Phi) is 5.23. The van der Waals surface area contributed by atoms with E-state index in [4.69, 9.17) is 15.3 Å². The number of nitrogens with one attached hydrogen (secondary N) is 1. The Hall–Kier alpha value is -1.63. The van der Waals surface area contributed by atoms with E-state index in [1.807, 2.05) is 0 Å². The highest BCUT2D eigenvalue weighted by atomic mass is 16.4. The number of hydrogen-bond acceptors (Lipinski definition) is 4. The lowest BCUT2D eigenvalue weighted by Crippen LogP contribution is -2.32. The van der Waals surface area contributed by atoms with Crippen molar-refractivity contribution in [1.29, 1.82) is 0 Å². The molecule has 1 unspecified atom stereocenters. The molecule has 7 nitrogen and oxygen atoms in total. The molecule has 0 aromatic heterocycles. The fourth-order valence-electron chi connectivity index (χ4n) is 0.644. The van der Waals surface area contributed by atoms with Gasteiger partial charge in [-0.2, -0.15) is 0 Å². The largest absolute Gasteiger partial charge is 0.481 e. The number of aliphatic hydroxyl groups is 1. The number of hydrogen-bond donors (Lipinski definition) is 4. The van der Waals surface area contributed by atoms with Crippen molar-refractivity contribution in [3.8, 4) is 0 Å². The molecule has 0 aromatic carbocycles. The minimum atomic E-state index is -1.75. The van der Waals surface area contributed by atoms with E-state index in [-0.39, 0.29) is 13.0 Å². The number of carboxylic acids is 2. The first-order chi connectivity index (χ1) is 6.43. The second-order valence-electron chi connectivity index (χ2n) is 2.55. The standard InChI is InChI=1S/C7H11NO6/c9-4(7(13)14)3-5(10)8-2-1-6(11)12/h4,9H,1-3H2,(H,8,10)(H,11,12)(H,13,14). The Morgan fingerprint density at radius 2 is 1.79 bits per heavy atom. The maximum atomic E-state index is 10.8. The van der Waals surface area contributed by atoms with Crippen LogP contribution >= 0.6 is 0 Å². The average molecular weight is 205 g/mol. The molecular formula is C7H11NO6. The van der Waals surface area contributed by atoms with Crippen molar-refractivity contribution in [2.75, 3.05) is 6.54 Å². The van der Waals surface area contributed by atoms with Crippen molar-refractivity contribution in [1.82, 2.24) is 5.32 Å². The Bertz CT molecular complexity index is 238. The molecule has 1 amide bonds. The minimum Gasteiger partial charge on any atom is -0.481 e. The van der Waals surface area contributed by atoms with Gasteiger partial charge in [0.05, 0.1) is 12.8 Å². The van der Waals surface area contributed by atoms with E-state index in [9.17, 15) is 14.4 Å². The smallest absolute Gasteiger partial charge is 0.333 e. The van der Waals surface area contributed by atoms with Gasteiger partial charge < -0.3 is 20.6 Å². The van der Waals surface area contributed by atoms with Gasteiger partial charge in [-0.05, 0) is 0 Å². The second-order valence-corrected chi connectivity index (χ2v) is 2.55. The Labute approximate surface area is 79.3 Å². The Balaban J connectivity index is 3.65. The molecule has 0 rings (SSSR count). The molecule has 0 aromatic rings. The summed E-state index contributed by atoms with van der Waals surface area (Å²) in [6, 6.07) is 0. The third-order valence-electron chi connectivity index (χ3n) is 1.32. The number of carbonyl (C=O) groups is 3. The van der Waals surface area contributed by atoms with Gasteiger partial charge in [-0.3, -0.25) is 9.59 Å². The molecular weight excluding hydrogens is 194 g/mol. The zero-order valence-electron chi connectivity index (χ0n) is 7.27. The van der Waals surface area contributed by atoms with E-state index < -0.39 is 30.4 Å². The maximum Gasteiger partial charge on any atom is 0.333 e. The number of carbonyl (C=O) groups excluding carboxylic acids is 1. The number of rotatable bonds is 6. The quantitative estimate of drug-likeness (QED) is 0.414. The van der Waals surface area contributed by atoms with Crippen molar-refractivity contribution >= 4 is 17.8 Å². The third kappa shape index (κ3) is 5.95. The first kappa shape index (κ1) is 12.4. The fourth-order valence-corrected chi connectivity index (χ4v) is 0.644. The van der Waals surface area contributed by atoms with Gasteiger partial charge in [-0.15, -0.1) is 0 Å². The molecule has 0 heterocycles. The highest BCUT2D eigenvalue weighted by Gasteiger charge is 2.17. The van der Waals surface area contributed by atoms with Gasteiger partial charge in [0, 0.05) is 6.54 Å². The molecule has 0 saturated carbocycles. The Morgan fingerprint density at radius 1 is 1.21 bits per heavy atom. The van der Waals surface area contributed by atoms with Gasteiger partial charge in [0.15, 0.2) is 6.10 Å². The molecule has 0 aliphatic heterocycles. The summed E-state index contributed by atoms with van der Waals surface area (Å²) in [6.07, 6.45) is -2.57. The van der Waals surface area contributed by atoms with Crippen LogP contribution < -0.4 is 5.32 Å². The lowest BCUT2D eigenvalue weighted by Gasteiger charge is -2.05. The summed E-state index contributed by atoms with van der Waals surface area (Å²) >= 11 is 0. The van der Waals surface area contributed by atoms with Gasteiger partial charge in [0.2, 0.25) is 5.91 Å². The normalized spacial score (nSPS) is 11.8. The molecule has 0 radical (unpaired) electrons. The van der Waals surface area contributed by atoms with Crippen molar-refractivity contribution in [2.24, 2.45) is 0 Å². The lowest BCUT2D eigenvalue weighted by atomic mass is 10.2. The molecule has 0 aliphatic rings. The van der Waals surface area contributed by atoms with Crippen LogP contribution in [-0.4, -0.2) is 45.8 Å². The van der Waals surface area contributed by atoms with E-state index in [0.29, 0.717) is 0 Å². The molecule has 0 aliphatic carbocycles. The van der Waals surface area contributed by atoms with Gasteiger partial charge in [-0.1, -0.05) is 0 Å². The predicted octanol–water partition coefficient (Wildman–Crippen LogP) is -1.59. The molecule has 0 bridgehead atoms. The van der Waals surface area contributed by atoms with E-state index in [1.54, 1.807) is 0 Å². The fraction of sp³-hybridized carbons (Fsp3) is 0.571. The first-order valence-electron chi connectivity index (χ1n) is 3.83. The molecule has 4 N–H and O–H groups in total. The lowest BCUT2D eigenvalue weighted by molar-refractivity contribution is -0.149. The summed E-state index contributed by atoms with van der Waals surface area (Å²) in [6.45, 7) is -0.0828. The molecule has 14 heavy (non-hydrogen) atoms. The van der Waals surface area contributed by atoms with E-state index >= 15 is 0 Å². The van der Waals surface area contributed by atoms with Gasteiger partial charge in [0.1, 0.15) is 0 Å². The van der Waals surface area contributed by atoms with Crippen LogP contribution in [0.25, 0.3) is 0 Å². The van der Waals surface area contributed by atoms with Crippen LogP contribution in [0.3, 0.4) is 0 Å². The number of aliphatic hydroxyl groups excluding tert-OH is 1. The number of amides is 1. The monoisotopic (exact) mass is 205 g/mol. The summed E-state index contributed by atoms with van der Waals surface area (Å²) in [7, 11) is 0. The van der Waals surface area contributed by atoms with Gasteiger partial charge >= 0.3 is 11.9 Å². The highest BCUT2D eigenvalue weighted by molar-refractivity contribution is 5.83. The van der Waals surface area contributed by atoms with Crippen LogP contribution in [0.4, 0.5) is 0 Å². The molecule has 1 atom stereocenters. The van der Waals surface area contributed by atoms with Crippen LogP contribution in [0.2, 0.25) is 0 Å². The molecule has 7 heteroatoms. The number of carboxylic acid groups (broad SMARTS) is 2. The minimum absolute atomic E-state index is 0.0828. The molecule has 0 saturated heterocycles. The molecule has 0 fully saturated rings. The van der Waals surface area contributed by atoms with E-state index in [2.05, 4.69) is 5.32 Å². The molecule has 80 valence electrons.